The second-order valence-corrected chi connectivity index (χ2v) is 6.43. The van der Waals surface area contributed by atoms with Gasteiger partial charge in [-0.05, 0) is 63.4 Å². The summed E-state index contributed by atoms with van der Waals surface area (Å²) in [4.78, 5) is 20.7. The maximum Gasteiger partial charge on any atom is 0.311 e. The van der Waals surface area contributed by atoms with Crippen LogP contribution in [0.4, 0.5) is 0 Å². The first-order valence-electron chi connectivity index (χ1n) is 7.49. The largest absolute Gasteiger partial charge is 0.469 e. The molecule has 3 aliphatic rings. The summed E-state index contributed by atoms with van der Waals surface area (Å²) in [7, 11) is 1.51. The average Bonchev–Trinajstić information content (AvgIpc) is 2.47. The summed E-state index contributed by atoms with van der Waals surface area (Å²) in [6, 6.07) is 2.06. The van der Waals surface area contributed by atoms with Crippen LogP contribution in [0.25, 0.3) is 0 Å². The van der Waals surface area contributed by atoms with Gasteiger partial charge in [-0.15, -0.1) is 0 Å². The molecule has 4 heteroatoms. The van der Waals surface area contributed by atoms with Gasteiger partial charge in [0.1, 0.15) is 6.33 Å². The number of ether oxygens (including phenoxy) is 1. The average molecular weight is 274 g/mol. The van der Waals surface area contributed by atoms with Gasteiger partial charge < -0.3 is 4.74 Å². The molecule has 0 saturated heterocycles. The number of nitrogens with zero attached hydrogens (tertiary/aromatic N) is 2. The van der Waals surface area contributed by atoms with Gasteiger partial charge in [0.15, 0.2) is 0 Å². The second-order valence-electron chi connectivity index (χ2n) is 6.43. The number of aromatic nitrogens is 2. The van der Waals surface area contributed by atoms with Crippen molar-refractivity contribution < 1.29 is 9.53 Å². The van der Waals surface area contributed by atoms with Crippen molar-refractivity contribution in [3.8, 4) is 0 Å². The standard InChI is InChI=1S/C16H22N2O2/c1-11-7-14(18-10-17-11)8-13-9-16(15(19)20-2)5-3-12(13)4-6-16/h7,10,12-13H,3-6,8-9H2,1-2H3. The Bertz CT molecular complexity index is 507. The second kappa shape index (κ2) is 5.15. The molecular formula is C16H22N2O2. The van der Waals surface area contributed by atoms with Crippen LogP contribution >= 0.6 is 0 Å². The summed E-state index contributed by atoms with van der Waals surface area (Å²) in [5.74, 6) is 1.31. The van der Waals surface area contributed by atoms with E-state index in [1.807, 2.05) is 6.92 Å². The van der Waals surface area contributed by atoms with Gasteiger partial charge in [-0.2, -0.15) is 0 Å². The van der Waals surface area contributed by atoms with Crippen LogP contribution in [0.15, 0.2) is 12.4 Å². The molecule has 0 spiro atoms. The fourth-order valence-corrected chi connectivity index (χ4v) is 4.17. The number of carbonyl (C=O) groups is 1. The predicted octanol–water partition coefficient (Wildman–Crippen LogP) is 2.70. The van der Waals surface area contributed by atoms with Gasteiger partial charge in [0.05, 0.1) is 12.5 Å². The van der Waals surface area contributed by atoms with Crippen molar-refractivity contribution in [1.29, 1.82) is 0 Å². The van der Waals surface area contributed by atoms with Crippen LogP contribution in [-0.4, -0.2) is 23.0 Å². The molecule has 0 aromatic carbocycles. The van der Waals surface area contributed by atoms with E-state index in [-0.39, 0.29) is 11.4 Å². The molecule has 1 unspecified atom stereocenters. The van der Waals surface area contributed by atoms with E-state index in [4.69, 9.17) is 4.74 Å². The van der Waals surface area contributed by atoms with Gasteiger partial charge in [-0.1, -0.05) is 0 Å². The smallest absolute Gasteiger partial charge is 0.311 e. The fourth-order valence-electron chi connectivity index (χ4n) is 4.17. The summed E-state index contributed by atoms with van der Waals surface area (Å²) < 4.78 is 5.06. The topological polar surface area (TPSA) is 52.1 Å². The summed E-state index contributed by atoms with van der Waals surface area (Å²) in [5.41, 5.74) is 1.91. The molecule has 0 aliphatic heterocycles. The minimum absolute atomic E-state index is 0.000446. The molecular weight excluding hydrogens is 252 g/mol. The monoisotopic (exact) mass is 274 g/mol. The molecule has 3 fully saturated rings. The lowest BCUT2D eigenvalue weighted by Gasteiger charge is -2.49. The fraction of sp³-hybridized carbons (Fsp3) is 0.688. The third-order valence-electron chi connectivity index (χ3n) is 5.26. The zero-order valence-electron chi connectivity index (χ0n) is 12.3. The van der Waals surface area contributed by atoms with E-state index in [9.17, 15) is 4.79 Å². The normalized spacial score (nSPS) is 32.1. The molecule has 3 saturated carbocycles. The van der Waals surface area contributed by atoms with Gasteiger partial charge in [0.25, 0.3) is 0 Å². The van der Waals surface area contributed by atoms with Crippen molar-refractivity contribution in [3.63, 3.8) is 0 Å². The van der Waals surface area contributed by atoms with E-state index >= 15 is 0 Å². The van der Waals surface area contributed by atoms with Gasteiger partial charge in [-0.25, -0.2) is 9.97 Å². The van der Waals surface area contributed by atoms with Crippen molar-refractivity contribution in [1.82, 2.24) is 9.97 Å². The highest BCUT2D eigenvalue weighted by atomic mass is 16.5. The Kier molecular flexibility index (Phi) is 3.48. The Morgan fingerprint density at radius 3 is 2.80 bits per heavy atom. The summed E-state index contributed by atoms with van der Waals surface area (Å²) in [6.45, 7) is 1.99. The maximum absolute atomic E-state index is 12.1. The van der Waals surface area contributed by atoms with Crippen LogP contribution in [0.3, 0.4) is 0 Å². The van der Waals surface area contributed by atoms with Crippen LogP contribution in [0.5, 0.6) is 0 Å². The van der Waals surface area contributed by atoms with Crippen molar-refractivity contribution in [2.75, 3.05) is 7.11 Å². The minimum Gasteiger partial charge on any atom is -0.469 e. The van der Waals surface area contributed by atoms with Crippen LogP contribution < -0.4 is 0 Å². The third-order valence-corrected chi connectivity index (χ3v) is 5.26. The Labute approximate surface area is 120 Å². The highest BCUT2D eigenvalue weighted by Gasteiger charge is 2.50. The van der Waals surface area contributed by atoms with Gasteiger partial charge >= 0.3 is 5.97 Å². The number of fused-ring (bicyclic) bond motifs is 3. The SMILES string of the molecule is COC(=O)C12CCC(CC1)C(Cc1cc(C)ncn1)C2. The van der Waals surface area contributed by atoms with Gasteiger partial charge in [-0.3, -0.25) is 4.79 Å². The lowest BCUT2D eigenvalue weighted by atomic mass is 9.55. The first kappa shape index (κ1) is 13.5. The van der Waals surface area contributed by atoms with Crippen LogP contribution in [0, 0.1) is 24.2 Å². The minimum atomic E-state index is -0.212. The number of rotatable bonds is 3. The van der Waals surface area contributed by atoms with E-state index in [0.29, 0.717) is 5.92 Å². The zero-order chi connectivity index (χ0) is 14.2. The summed E-state index contributed by atoms with van der Waals surface area (Å²) in [5, 5.41) is 0. The first-order chi connectivity index (χ1) is 9.63. The molecule has 20 heavy (non-hydrogen) atoms. The molecule has 108 valence electrons. The Balaban J connectivity index is 1.76. The van der Waals surface area contributed by atoms with Crippen molar-refractivity contribution in [3.05, 3.63) is 23.8 Å². The molecule has 2 bridgehead atoms. The van der Waals surface area contributed by atoms with Crippen molar-refractivity contribution >= 4 is 5.97 Å². The Morgan fingerprint density at radius 2 is 2.15 bits per heavy atom. The van der Waals surface area contributed by atoms with Gasteiger partial charge in [0, 0.05) is 11.4 Å². The molecule has 4 rings (SSSR count). The van der Waals surface area contributed by atoms with E-state index in [0.717, 1.165) is 55.8 Å². The zero-order valence-corrected chi connectivity index (χ0v) is 12.3. The third kappa shape index (κ3) is 2.32. The van der Waals surface area contributed by atoms with Crippen LogP contribution in [-0.2, 0) is 16.0 Å². The lowest BCUT2D eigenvalue weighted by molar-refractivity contribution is -0.162. The number of esters is 1. The predicted molar refractivity (Wildman–Crippen MR) is 75.0 cm³/mol. The van der Waals surface area contributed by atoms with E-state index < -0.39 is 0 Å². The molecule has 0 radical (unpaired) electrons. The number of methoxy groups -OCH3 is 1. The van der Waals surface area contributed by atoms with E-state index in [2.05, 4.69) is 16.0 Å². The van der Waals surface area contributed by atoms with Crippen molar-refractivity contribution in [2.45, 2.75) is 45.4 Å². The highest BCUT2D eigenvalue weighted by molar-refractivity contribution is 5.77. The first-order valence-corrected chi connectivity index (χ1v) is 7.49. The number of aryl methyl sites for hydroxylation is 1. The molecule has 3 aliphatic carbocycles. The molecule has 1 heterocycles. The number of hydrogen-bond acceptors (Lipinski definition) is 4. The summed E-state index contributed by atoms with van der Waals surface area (Å²) in [6.07, 6.45) is 7.89. The van der Waals surface area contributed by atoms with Gasteiger partial charge in [0.2, 0.25) is 0 Å². The molecule has 1 atom stereocenters. The lowest BCUT2D eigenvalue weighted by Crippen LogP contribution is -2.46. The summed E-state index contributed by atoms with van der Waals surface area (Å²) >= 11 is 0. The molecule has 0 amide bonds. The maximum atomic E-state index is 12.1. The Morgan fingerprint density at radius 1 is 1.40 bits per heavy atom. The van der Waals surface area contributed by atoms with E-state index in [1.54, 1.807) is 6.33 Å². The molecule has 1 aromatic heterocycles. The Hall–Kier alpha value is -1.45. The number of carbonyl (C=O) groups excluding carboxylic acids is 1. The van der Waals surface area contributed by atoms with E-state index in [1.165, 1.54) is 7.11 Å². The quantitative estimate of drug-likeness (QED) is 0.795. The van der Waals surface area contributed by atoms with Crippen LogP contribution in [0.1, 0.15) is 43.5 Å². The molecule has 1 aromatic rings. The van der Waals surface area contributed by atoms with Crippen LogP contribution in [0.2, 0.25) is 0 Å². The molecule has 4 nitrogen and oxygen atoms in total. The van der Waals surface area contributed by atoms with Crippen molar-refractivity contribution in [2.24, 2.45) is 17.3 Å². The molecule has 0 N–H and O–H groups in total. The number of hydrogen-bond donors (Lipinski definition) is 0. The highest BCUT2D eigenvalue weighted by Crippen LogP contribution is 2.54.